The van der Waals surface area contributed by atoms with E-state index >= 15 is 0 Å². The molecule has 2 N–H and O–H groups in total. The molecule has 0 aliphatic rings. The van der Waals surface area contributed by atoms with Crippen LogP contribution in [0.2, 0.25) is 0 Å². The average molecular weight is 261 g/mol. The normalized spacial score (nSPS) is 10.6. The Morgan fingerprint density at radius 2 is 2.16 bits per heavy atom. The van der Waals surface area contributed by atoms with E-state index in [0.29, 0.717) is 0 Å². The third-order valence-corrected chi connectivity index (χ3v) is 2.19. The van der Waals surface area contributed by atoms with E-state index in [1.54, 1.807) is 13.0 Å². The maximum absolute atomic E-state index is 11.4. The fourth-order valence-electron chi connectivity index (χ4n) is 1.30. The van der Waals surface area contributed by atoms with Crippen molar-refractivity contribution in [1.82, 2.24) is 0 Å². The minimum atomic E-state index is -1.18. The number of ether oxygens (including phenoxy) is 1. The molecule has 1 aromatic rings. The Hall–Kier alpha value is -2.81. The monoisotopic (exact) mass is 261 g/mol. The number of aromatic carboxylic acids is 1. The molecule has 0 aromatic heterocycles. The van der Waals surface area contributed by atoms with E-state index < -0.39 is 11.9 Å². The first-order valence-electron chi connectivity index (χ1n) is 5.34. The van der Waals surface area contributed by atoms with Gasteiger partial charge in [-0.3, -0.25) is 0 Å². The van der Waals surface area contributed by atoms with E-state index in [0.717, 1.165) is 12.1 Å². The lowest BCUT2D eigenvalue weighted by molar-refractivity contribution is -0.137. The van der Waals surface area contributed by atoms with Crippen LogP contribution in [0.15, 0.2) is 23.8 Å². The first kappa shape index (κ1) is 14.3. The zero-order valence-electron chi connectivity index (χ0n) is 10.1. The standard InChI is InChI=1S/C13H11NO5/c1-2-19-13(18)10(7-14)5-8-3-4-9(12(16)17)6-11(8)15/h3-6,15H,2H2,1H3,(H,16,17). The number of nitriles is 1. The first-order valence-corrected chi connectivity index (χ1v) is 5.34. The molecule has 6 nitrogen and oxygen atoms in total. The number of carbonyl (C=O) groups excluding carboxylic acids is 1. The molecule has 6 heteroatoms. The van der Waals surface area contributed by atoms with Gasteiger partial charge in [-0.25, -0.2) is 9.59 Å². The van der Waals surface area contributed by atoms with Crippen molar-refractivity contribution in [3.63, 3.8) is 0 Å². The van der Waals surface area contributed by atoms with Crippen molar-refractivity contribution in [3.05, 3.63) is 34.9 Å². The van der Waals surface area contributed by atoms with Crippen LogP contribution in [0.1, 0.15) is 22.8 Å². The molecule has 0 heterocycles. The van der Waals surface area contributed by atoms with E-state index in [9.17, 15) is 14.7 Å². The van der Waals surface area contributed by atoms with Crippen LogP contribution in [0.25, 0.3) is 6.08 Å². The van der Waals surface area contributed by atoms with E-state index in [2.05, 4.69) is 4.74 Å². The van der Waals surface area contributed by atoms with E-state index in [1.807, 2.05) is 0 Å². The maximum atomic E-state index is 11.4. The molecule has 0 fully saturated rings. The summed E-state index contributed by atoms with van der Waals surface area (Å²) in [6, 6.07) is 5.25. The summed E-state index contributed by atoms with van der Waals surface area (Å²) in [5.74, 6) is -2.32. The molecule has 0 aliphatic carbocycles. The van der Waals surface area contributed by atoms with Gasteiger partial charge in [0.1, 0.15) is 17.4 Å². The Kier molecular flexibility index (Phi) is 4.66. The summed E-state index contributed by atoms with van der Waals surface area (Å²) in [4.78, 5) is 22.1. The topological polar surface area (TPSA) is 108 Å². The van der Waals surface area contributed by atoms with Gasteiger partial charge in [0, 0.05) is 5.56 Å². The maximum Gasteiger partial charge on any atom is 0.348 e. The Labute approximate surface area is 109 Å². The molecule has 0 saturated carbocycles. The van der Waals surface area contributed by atoms with Crippen molar-refractivity contribution in [2.24, 2.45) is 0 Å². The Morgan fingerprint density at radius 1 is 1.47 bits per heavy atom. The second-order valence-electron chi connectivity index (χ2n) is 3.47. The number of phenols is 1. The fourth-order valence-corrected chi connectivity index (χ4v) is 1.30. The second kappa shape index (κ2) is 6.21. The number of phenolic OH excluding ortho intramolecular Hbond substituents is 1. The summed E-state index contributed by atoms with van der Waals surface area (Å²) in [6.45, 7) is 1.73. The van der Waals surface area contributed by atoms with Gasteiger partial charge in [0.2, 0.25) is 0 Å². The number of carboxylic acid groups (broad SMARTS) is 1. The highest BCUT2D eigenvalue weighted by atomic mass is 16.5. The number of aromatic hydroxyl groups is 1. The van der Waals surface area contributed by atoms with Gasteiger partial charge < -0.3 is 14.9 Å². The number of nitrogens with zero attached hydrogens (tertiary/aromatic N) is 1. The quantitative estimate of drug-likeness (QED) is 0.483. The summed E-state index contributed by atoms with van der Waals surface area (Å²) >= 11 is 0. The highest BCUT2D eigenvalue weighted by Crippen LogP contribution is 2.22. The van der Waals surface area contributed by atoms with Gasteiger partial charge >= 0.3 is 11.9 Å². The minimum Gasteiger partial charge on any atom is -0.507 e. The van der Waals surface area contributed by atoms with E-state index in [1.165, 1.54) is 12.1 Å². The Morgan fingerprint density at radius 3 is 2.63 bits per heavy atom. The predicted molar refractivity (Wildman–Crippen MR) is 65.3 cm³/mol. The summed E-state index contributed by atoms with van der Waals surface area (Å²) in [6.07, 6.45) is 1.14. The molecule has 1 aromatic carbocycles. The molecule has 0 aliphatic heterocycles. The molecule has 0 atom stereocenters. The van der Waals surface area contributed by atoms with Crippen molar-refractivity contribution in [1.29, 1.82) is 5.26 Å². The van der Waals surface area contributed by atoms with Crippen molar-refractivity contribution in [2.75, 3.05) is 6.61 Å². The average Bonchev–Trinajstić information content (AvgIpc) is 2.37. The van der Waals surface area contributed by atoms with Crippen LogP contribution < -0.4 is 0 Å². The van der Waals surface area contributed by atoms with Crippen LogP contribution in [0.4, 0.5) is 0 Å². The lowest BCUT2D eigenvalue weighted by Crippen LogP contribution is -2.06. The van der Waals surface area contributed by atoms with Gasteiger partial charge in [0.25, 0.3) is 0 Å². The van der Waals surface area contributed by atoms with Crippen molar-refractivity contribution in [2.45, 2.75) is 6.92 Å². The zero-order chi connectivity index (χ0) is 14.4. The zero-order valence-corrected chi connectivity index (χ0v) is 10.1. The Bertz CT molecular complexity index is 583. The summed E-state index contributed by atoms with van der Waals surface area (Å²) < 4.78 is 4.66. The van der Waals surface area contributed by atoms with Gasteiger partial charge in [-0.05, 0) is 25.1 Å². The minimum absolute atomic E-state index is 0.0932. The summed E-state index contributed by atoms with van der Waals surface area (Å²) in [5.41, 5.74) is -0.209. The van der Waals surface area contributed by atoms with E-state index in [4.69, 9.17) is 10.4 Å². The number of carbonyl (C=O) groups is 2. The molecule has 0 amide bonds. The number of hydrogen-bond acceptors (Lipinski definition) is 5. The van der Waals surface area contributed by atoms with Gasteiger partial charge in [0.15, 0.2) is 0 Å². The molecule has 98 valence electrons. The van der Waals surface area contributed by atoms with Crippen LogP contribution in [0.5, 0.6) is 5.75 Å². The van der Waals surface area contributed by atoms with Crippen molar-refractivity contribution >= 4 is 18.0 Å². The fraction of sp³-hybridized carbons (Fsp3) is 0.154. The first-order chi connectivity index (χ1) is 8.99. The third-order valence-electron chi connectivity index (χ3n) is 2.19. The highest BCUT2D eigenvalue weighted by molar-refractivity contribution is 5.98. The Balaban J connectivity index is 3.13. The molecule has 0 bridgehead atoms. The van der Waals surface area contributed by atoms with Crippen LogP contribution >= 0.6 is 0 Å². The number of esters is 1. The van der Waals surface area contributed by atoms with Gasteiger partial charge in [-0.2, -0.15) is 5.26 Å². The van der Waals surface area contributed by atoms with Crippen LogP contribution in [0, 0.1) is 11.3 Å². The van der Waals surface area contributed by atoms with Gasteiger partial charge in [-0.1, -0.05) is 6.07 Å². The van der Waals surface area contributed by atoms with Crippen LogP contribution in [0.3, 0.4) is 0 Å². The van der Waals surface area contributed by atoms with E-state index in [-0.39, 0.29) is 29.1 Å². The second-order valence-corrected chi connectivity index (χ2v) is 3.47. The lowest BCUT2D eigenvalue weighted by atomic mass is 10.1. The largest absolute Gasteiger partial charge is 0.507 e. The number of carboxylic acids is 1. The van der Waals surface area contributed by atoms with Crippen LogP contribution in [-0.2, 0) is 9.53 Å². The predicted octanol–water partition coefficient (Wildman–Crippen LogP) is 1.56. The highest BCUT2D eigenvalue weighted by Gasteiger charge is 2.12. The molecule has 0 saturated heterocycles. The third kappa shape index (κ3) is 3.57. The van der Waals surface area contributed by atoms with Gasteiger partial charge in [-0.15, -0.1) is 0 Å². The van der Waals surface area contributed by atoms with Gasteiger partial charge in [0.05, 0.1) is 12.2 Å². The van der Waals surface area contributed by atoms with Crippen LogP contribution in [-0.4, -0.2) is 28.8 Å². The molecule has 1 rings (SSSR count). The molecule has 0 radical (unpaired) electrons. The molecule has 0 unspecified atom stereocenters. The molecular formula is C13H11NO5. The summed E-state index contributed by atoms with van der Waals surface area (Å²) in [7, 11) is 0. The smallest absolute Gasteiger partial charge is 0.348 e. The number of hydrogen-bond donors (Lipinski definition) is 2. The SMILES string of the molecule is CCOC(=O)C(C#N)=Cc1ccc(C(=O)O)cc1O. The summed E-state index contributed by atoms with van der Waals surface area (Å²) in [5, 5.41) is 27.2. The van der Waals surface area contributed by atoms with Crippen molar-refractivity contribution in [3.8, 4) is 11.8 Å². The number of benzene rings is 1. The molecular weight excluding hydrogens is 250 g/mol. The number of rotatable bonds is 4. The van der Waals surface area contributed by atoms with Crippen molar-refractivity contribution < 1.29 is 24.5 Å². The molecule has 0 spiro atoms. The molecule has 19 heavy (non-hydrogen) atoms. The lowest BCUT2D eigenvalue weighted by Gasteiger charge is -2.03.